The highest BCUT2D eigenvalue weighted by Gasteiger charge is 2.39. The Labute approximate surface area is 228 Å². The van der Waals surface area contributed by atoms with Crippen LogP contribution in [0.1, 0.15) is 47.9 Å². The number of pyridine rings is 2. The van der Waals surface area contributed by atoms with Gasteiger partial charge in [0.1, 0.15) is 5.82 Å². The molecule has 1 amide bonds. The molecule has 11 nitrogen and oxygen atoms in total. The number of fused-ring (bicyclic) bond motifs is 1. The molecular weight excluding hydrogens is 566 g/mol. The lowest BCUT2D eigenvalue weighted by Gasteiger charge is -2.19. The number of hydrogen-bond acceptors (Lipinski definition) is 7. The van der Waals surface area contributed by atoms with Crippen molar-refractivity contribution in [2.24, 2.45) is 0 Å². The van der Waals surface area contributed by atoms with Crippen molar-refractivity contribution in [1.29, 1.82) is 0 Å². The number of halogens is 6. The molecule has 0 bridgehead atoms. The lowest BCUT2D eigenvalue weighted by Crippen LogP contribution is -2.28. The van der Waals surface area contributed by atoms with E-state index < -0.39 is 24.3 Å². The minimum absolute atomic E-state index is 0.108. The maximum absolute atomic E-state index is 12.6. The zero-order valence-electron chi connectivity index (χ0n) is 21.6. The molecule has 17 heteroatoms. The fraction of sp³-hybridized carbons (Fsp3) is 0.417. The summed E-state index contributed by atoms with van der Waals surface area (Å²) in [4.78, 5) is 36.8. The van der Waals surface area contributed by atoms with Gasteiger partial charge in [-0.2, -0.15) is 26.3 Å². The normalized spacial score (nSPS) is 15.5. The Balaban J connectivity index is 0.000000349. The number of carbonyl (C=O) groups is 3. The Morgan fingerprint density at radius 1 is 0.976 bits per heavy atom. The van der Waals surface area contributed by atoms with Gasteiger partial charge in [-0.1, -0.05) is 0 Å². The molecule has 0 radical (unpaired) electrons. The number of likely N-dealkylation sites (tertiary alicyclic amines) is 1. The van der Waals surface area contributed by atoms with Crippen molar-refractivity contribution >= 4 is 23.5 Å². The van der Waals surface area contributed by atoms with Crippen molar-refractivity contribution in [3.63, 3.8) is 0 Å². The summed E-state index contributed by atoms with van der Waals surface area (Å²) in [6.07, 6.45) is -3.81. The van der Waals surface area contributed by atoms with E-state index in [9.17, 15) is 31.1 Å². The maximum atomic E-state index is 12.6. The van der Waals surface area contributed by atoms with Gasteiger partial charge < -0.3 is 20.4 Å². The van der Waals surface area contributed by atoms with Crippen LogP contribution in [0.2, 0.25) is 0 Å². The molecule has 1 unspecified atom stereocenters. The molecule has 3 aromatic rings. The fourth-order valence-electron chi connectivity index (χ4n) is 3.57. The summed E-state index contributed by atoms with van der Waals surface area (Å²) < 4.78 is 65.4. The van der Waals surface area contributed by atoms with Crippen LogP contribution in [-0.2, 0) is 16.1 Å². The van der Waals surface area contributed by atoms with E-state index in [1.54, 1.807) is 18.5 Å². The monoisotopic (exact) mass is 592 g/mol. The number of rotatable bonds is 5. The zero-order chi connectivity index (χ0) is 31.0. The Kier molecular flexibility index (Phi) is 11.1. The van der Waals surface area contributed by atoms with Crippen LogP contribution in [0.3, 0.4) is 0 Å². The van der Waals surface area contributed by atoms with Gasteiger partial charge in [-0.25, -0.2) is 9.59 Å². The Hall–Kier alpha value is -4.28. The number of carboxylic acid groups (broad SMARTS) is 2. The molecule has 0 aromatic carbocycles. The highest BCUT2D eigenvalue weighted by atomic mass is 19.4. The summed E-state index contributed by atoms with van der Waals surface area (Å²) in [6, 6.07) is 7.96. The van der Waals surface area contributed by atoms with Crippen molar-refractivity contribution in [1.82, 2.24) is 29.8 Å². The van der Waals surface area contributed by atoms with Crippen molar-refractivity contribution in [2.45, 2.75) is 51.1 Å². The van der Waals surface area contributed by atoms with Gasteiger partial charge in [-0.05, 0) is 56.6 Å². The molecule has 1 aliphatic rings. The molecule has 4 heterocycles. The van der Waals surface area contributed by atoms with E-state index in [-0.39, 0.29) is 5.91 Å². The van der Waals surface area contributed by atoms with Crippen LogP contribution in [0.25, 0.3) is 5.65 Å². The standard InChI is InChI=1S/C20H24N6O.2C2HF3O2/c1-14(2)25-10-7-16(12-25)19-24-23-18-4-3-17(13-26(18)19)20(27)22-11-15-5-8-21-9-6-15;2*3-2(4,5)1(6)7/h3-6,8-9,13-14,16H,7,10-12H2,1-2H3,(H,22,27);2*(H,6,7). The first-order valence-corrected chi connectivity index (χ1v) is 11.9. The largest absolute Gasteiger partial charge is 0.490 e. The molecule has 4 rings (SSSR count). The second kappa shape index (κ2) is 13.9. The Bertz CT molecular complexity index is 1310. The number of hydrogen-bond donors (Lipinski definition) is 3. The molecule has 0 spiro atoms. The van der Waals surface area contributed by atoms with Gasteiger partial charge in [0.2, 0.25) is 0 Å². The molecule has 3 N–H and O–H groups in total. The second-order valence-electron chi connectivity index (χ2n) is 8.92. The number of carbonyl (C=O) groups excluding carboxylic acids is 1. The maximum Gasteiger partial charge on any atom is 0.490 e. The van der Waals surface area contributed by atoms with Gasteiger partial charge in [0.15, 0.2) is 5.65 Å². The summed E-state index contributed by atoms with van der Waals surface area (Å²) in [5, 5.41) is 25.9. The Morgan fingerprint density at radius 2 is 1.54 bits per heavy atom. The van der Waals surface area contributed by atoms with E-state index in [2.05, 4.69) is 39.2 Å². The minimum Gasteiger partial charge on any atom is -0.475 e. The summed E-state index contributed by atoms with van der Waals surface area (Å²) in [7, 11) is 0. The molecule has 41 heavy (non-hydrogen) atoms. The third-order valence-corrected chi connectivity index (χ3v) is 5.69. The van der Waals surface area contributed by atoms with Gasteiger partial charge in [-0.15, -0.1) is 10.2 Å². The van der Waals surface area contributed by atoms with E-state index in [0.717, 1.165) is 36.5 Å². The average Bonchev–Trinajstić information content (AvgIpc) is 3.54. The number of aromatic nitrogens is 4. The van der Waals surface area contributed by atoms with E-state index in [1.165, 1.54) is 0 Å². The molecule has 3 aromatic heterocycles. The molecule has 1 aliphatic heterocycles. The van der Waals surface area contributed by atoms with Crippen LogP contribution in [-0.4, -0.2) is 84.0 Å². The first-order valence-electron chi connectivity index (χ1n) is 11.9. The van der Waals surface area contributed by atoms with Gasteiger partial charge in [-0.3, -0.25) is 14.2 Å². The number of nitrogens with one attached hydrogen (secondary N) is 1. The molecule has 1 saturated heterocycles. The van der Waals surface area contributed by atoms with Crippen molar-refractivity contribution < 1.29 is 50.9 Å². The van der Waals surface area contributed by atoms with Gasteiger partial charge in [0, 0.05) is 43.6 Å². The fourth-order valence-corrected chi connectivity index (χ4v) is 3.57. The van der Waals surface area contributed by atoms with Crippen LogP contribution in [0.4, 0.5) is 26.3 Å². The lowest BCUT2D eigenvalue weighted by atomic mass is 10.1. The van der Waals surface area contributed by atoms with Crippen molar-refractivity contribution in [3.05, 3.63) is 59.8 Å². The lowest BCUT2D eigenvalue weighted by molar-refractivity contribution is -0.193. The molecule has 0 saturated carbocycles. The minimum atomic E-state index is -5.08. The molecule has 224 valence electrons. The van der Waals surface area contributed by atoms with Gasteiger partial charge in [0.05, 0.1) is 5.56 Å². The molecular formula is C24H26F6N6O5. The van der Waals surface area contributed by atoms with E-state index in [1.807, 2.05) is 28.8 Å². The smallest absolute Gasteiger partial charge is 0.475 e. The highest BCUT2D eigenvalue weighted by Crippen LogP contribution is 2.27. The summed E-state index contributed by atoms with van der Waals surface area (Å²) in [5.74, 6) is -4.34. The second-order valence-corrected chi connectivity index (χ2v) is 8.92. The average molecular weight is 592 g/mol. The third kappa shape index (κ3) is 10.0. The van der Waals surface area contributed by atoms with Gasteiger partial charge in [0.25, 0.3) is 5.91 Å². The molecule has 1 atom stereocenters. The third-order valence-electron chi connectivity index (χ3n) is 5.69. The summed E-state index contributed by atoms with van der Waals surface area (Å²) >= 11 is 0. The number of nitrogens with zero attached hydrogens (tertiary/aromatic N) is 5. The SMILES string of the molecule is CC(C)N1CCC(c2nnc3ccc(C(=O)NCc4ccncc4)cn23)C1.O=C(O)C(F)(F)F.O=C(O)C(F)(F)F. The predicted molar refractivity (Wildman–Crippen MR) is 130 cm³/mol. The number of carboxylic acids is 2. The van der Waals surface area contributed by atoms with Gasteiger partial charge >= 0.3 is 24.3 Å². The summed E-state index contributed by atoms with van der Waals surface area (Å²) in [6.45, 7) is 6.96. The molecule has 1 fully saturated rings. The highest BCUT2D eigenvalue weighted by molar-refractivity contribution is 5.94. The van der Waals surface area contributed by atoms with Crippen molar-refractivity contribution in [3.8, 4) is 0 Å². The van der Waals surface area contributed by atoms with E-state index in [4.69, 9.17) is 19.8 Å². The van der Waals surface area contributed by atoms with Crippen molar-refractivity contribution in [2.75, 3.05) is 13.1 Å². The number of amides is 1. The predicted octanol–water partition coefficient (Wildman–Crippen LogP) is 3.52. The van der Waals surface area contributed by atoms with E-state index >= 15 is 0 Å². The van der Waals surface area contributed by atoms with E-state index in [0.29, 0.717) is 24.1 Å². The first kappa shape index (κ1) is 32.9. The zero-order valence-corrected chi connectivity index (χ0v) is 21.6. The molecule has 0 aliphatic carbocycles. The van der Waals surface area contributed by atoms with Crippen LogP contribution in [0, 0.1) is 0 Å². The number of alkyl halides is 6. The quantitative estimate of drug-likeness (QED) is 0.378. The van der Waals surface area contributed by atoms with Crippen LogP contribution in [0.5, 0.6) is 0 Å². The number of aliphatic carboxylic acids is 2. The topological polar surface area (TPSA) is 150 Å². The Morgan fingerprint density at radius 3 is 2.02 bits per heavy atom. The first-order chi connectivity index (χ1) is 19.0. The van der Waals surface area contributed by atoms with Crippen LogP contribution < -0.4 is 5.32 Å². The van der Waals surface area contributed by atoms with Crippen LogP contribution >= 0.6 is 0 Å². The summed E-state index contributed by atoms with van der Waals surface area (Å²) in [5.41, 5.74) is 2.40. The van der Waals surface area contributed by atoms with Crippen LogP contribution in [0.15, 0.2) is 42.9 Å².